The number of carbonyl (C=O) groups is 5. The van der Waals surface area contributed by atoms with Crippen LogP contribution >= 0.6 is 0 Å². The lowest BCUT2D eigenvalue weighted by Crippen LogP contribution is -2.74. The third-order valence-electron chi connectivity index (χ3n) is 7.50. The zero-order valence-electron chi connectivity index (χ0n) is 19.2. The molecular formula is C23H27N3O8. The largest absolute Gasteiger partial charge is 0.507 e. The van der Waals surface area contributed by atoms with Crippen LogP contribution in [0, 0.1) is 23.7 Å². The lowest BCUT2D eigenvalue weighted by atomic mass is 9.51. The highest BCUT2D eigenvalue weighted by molar-refractivity contribution is 6.32. The minimum absolute atomic E-state index is 0.138. The Morgan fingerprint density at radius 1 is 1.09 bits per heavy atom. The van der Waals surface area contributed by atoms with E-state index in [-0.39, 0.29) is 17.5 Å². The van der Waals surface area contributed by atoms with Gasteiger partial charge in [-0.05, 0) is 32.6 Å². The summed E-state index contributed by atoms with van der Waals surface area (Å²) in [5.41, 5.74) is 2.78. The number of nitrogens with two attached hydrogens (primary N) is 1. The van der Waals surface area contributed by atoms with Gasteiger partial charge in [-0.2, -0.15) is 0 Å². The molecule has 0 aromatic heterocycles. The second-order valence-electron chi connectivity index (χ2n) is 9.72. The number of Topliss-reactive ketones (excluding diaryl/α,β-unsaturated/α-hetero) is 4. The van der Waals surface area contributed by atoms with Crippen molar-refractivity contribution in [1.82, 2.24) is 4.90 Å². The predicted octanol–water partition coefficient (Wildman–Crippen LogP) is -1.58. The number of likely N-dealkylation sites (N-methyl/N-ethyl adjacent to an activating group) is 1. The minimum Gasteiger partial charge on any atom is -0.507 e. The molecule has 3 aliphatic carbocycles. The van der Waals surface area contributed by atoms with Crippen molar-refractivity contribution in [2.24, 2.45) is 29.4 Å². The van der Waals surface area contributed by atoms with Crippen LogP contribution < -0.4 is 10.6 Å². The maximum atomic E-state index is 13.7. The second kappa shape index (κ2) is 7.69. The summed E-state index contributed by atoms with van der Waals surface area (Å²) in [6.07, 6.45) is -1.63. The molecule has 0 heterocycles. The molecular weight excluding hydrogens is 446 g/mol. The predicted molar refractivity (Wildman–Crippen MR) is 117 cm³/mol. The minimum atomic E-state index is -2.83. The molecule has 7 atom stereocenters. The van der Waals surface area contributed by atoms with Gasteiger partial charge in [-0.25, -0.2) is 0 Å². The van der Waals surface area contributed by atoms with Crippen LogP contribution in [0.4, 0.5) is 5.69 Å². The number of aliphatic hydroxyl groups is 2. The number of benzene rings is 1. The summed E-state index contributed by atoms with van der Waals surface area (Å²) in [7, 11) is 6.36. The number of fused-ring (bicyclic) bond motifs is 3. The van der Waals surface area contributed by atoms with Crippen molar-refractivity contribution in [2.45, 2.75) is 24.2 Å². The van der Waals surface area contributed by atoms with Gasteiger partial charge in [0.15, 0.2) is 34.7 Å². The molecule has 0 radical (unpaired) electrons. The van der Waals surface area contributed by atoms with E-state index >= 15 is 0 Å². The van der Waals surface area contributed by atoms with E-state index in [1.807, 2.05) is 0 Å². The monoisotopic (exact) mass is 473 g/mol. The third kappa shape index (κ3) is 2.90. The number of aromatic hydroxyl groups is 1. The number of carbonyl (C=O) groups excluding carboxylic acids is 5. The molecule has 1 aromatic carbocycles. The van der Waals surface area contributed by atoms with Crippen LogP contribution in [0.15, 0.2) is 12.1 Å². The molecule has 1 aromatic rings. The van der Waals surface area contributed by atoms with Gasteiger partial charge in [0.1, 0.15) is 5.75 Å². The molecule has 34 heavy (non-hydrogen) atoms. The number of hydrogen-bond donors (Lipinski definition) is 4. The molecule has 2 unspecified atom stereocenters. The number of phenolic OH excluding ortho intramolecular Hbond substituents is 1. The summed E-state index contributed by atoms with van der Waals surface area (Å²) in [5.74, 6) is -12.0. The number of anilines is 1. The van der Waals surface area contributed by atoms with Gasteiger partial charge in [-0.1, -0.05) is 0 Å². The molecule has 1 amide bonds. The zero-order chi connectivity index (χ0) is 25.4. The van der Waals surface area contributed by atoms with Gasteiger partial charge in [-0.15, -0.1) is 0 Å². The van der Waals surface area contributed by atoms with Gasteiger partial charge < -0.3 is 26.0 Å². The number of rotatable bonds is 3. The molecule has 0 bridgehead atoms. The average Bonchev–Trinajstić information content (AvgIpc) is 2.73. The first-order valence-electron chi connectivity index (χ1n) is 10.8. The first kappa shape index (κ1) is 24.0. The summed E-state index contributed by atoms with van der Waals surface area (Å²) in [5, 5.41) is 33.3. The Balaban J connectivity index is 1.93. The molecule has 0 spiro atoms. The highest BCUT2D eigenvalue weighted by Crippen LogP contribution is 2.55. The third-order valence-corrected chi connectivity index (χ3v) is 7.50. The fourth-order valence-electron chi connectivity index (χ4n) is 6.02. The normalized spacial score (nSPS) is 35.0. The van der Waals surface area contributed by atoms with Crippen LogP contribution in [-0.2, 0) is 19.2 Å². The van der Waals surface area contributed by atoms with Crippen molar-refractivity contribution >= 4 is 34.7 Å². The van der Waals surface area contributed by atoms with E-state index in [9.17, 15) is 39.3 Å². The maximum Gasteiger partial charge on any atom is 0.235 e. The Labute approximate surface area is 195 Å². The quantitative estimate of drug-likeness (QED) is 0.375. The number of hydrogen-bond acceptors (Lipinski definition) is 10. The van der Waals surface area contributed by atoms with Crippen LogP contribution in [0.2, 0.25) is 0 Å². The first-order valence-corrected chi connectivity index (χ1v) is 10.8. The van der Waals surface area contributed by atoms with Crippen LogP contribution in [-0.4, -0.2) is 89.1 Å². The summed E-state index contributed by atoms with van der Waals surface area (Å²) in [6, 6.07) is 1.56. The van der Waals surface area contributed by atoms with Crippen molar-refractivity contribution in [2.75, 3.05) is 33.1 Å². The van der Waals surface area contributed by atoms with E-state index < -0.39 is 76.2 Å². The van der Waals surface area contributed by atoms with Gasteiger partial charge in [0.2, 0.25) is 5.91 Å². The Morgan fingerprint density at radius 2 is 1.71 bits per heavy atom. The molecule has 182 valence electrons. The summed E-state index contributed by atoms with van der Waals surface area (Å²) < 4.78 is 0. The van der Waals surface area contributed by atoms with Crippen molar-refractivity contribution in [1.29, 1.82) is 0 Å². The highest BCUT2D eigenvalue weighted by atomic mass is 16.3. The molecule has 2 saturated carbocycles. The number of nitrogens with zero attached hydrogens (tertiary/aromatic N) is 2. The number of phenols is 1. The Bertz CT molecular complexity index is 1150. The average molecular weight is 473 g/mol. The molecule has 5 N–H and O–H groups in total. The Hall–Kier alpha value is -3.15. The van der Waals surface area contributed by atoms with Crippen LogP contribution in [0.3, 0.4) is 0 Å². The first-order chi connectivity index (χ1) is 15.8. The topological polar surface area (TPSA) is 179 Å². The van der Waals surface area contributed by atoms with Gasteiger partial charge >= 0.3 is 0 Å². The van der Waals surface area contributed by atoms with E-state index in [1.54, 1.807) is 19.0 Å². The second-order valence-corrected chi connectivity index (χ2v) is 9.72. The van der Waals surface area contributed by atoms with E-state index in [0.29, 0.717) is 5.69 Å². The molecule has 11 heteroatoms. The summed E-state index contributed by atoms with van der Waals surface area (Å²) >= 11 is 0. The lowest BCUT2D eigenvalue weighted by molar-refractivity contribution is -0.184. The highest BCUT2D eigenvalue weighted by Gasteiger charge is 2.70. The fourth-order valence-corrected chi connectivity index (χ4v) is 6.02. The Kier molecular flexibility index (Phi) is 5.42. The van der Waals surface area contributed by atoms with Crippen molar-refractivity contribution in [3.8, 4) is 5.75 Å². The number of amides is 1. The van der Waals surface area contributed by atoms with E-state index in [1.165, 1.54) is 31.1 Å². The van der Waals surface area contributed by atoms with Crippen molar-refractivity contribution in [3.05, 3.63) is 23.3 Å². The zero-order valence-corrected chi connectivity index (χ0v) is 19.2. The van der Waals surface area contributed by atoms with E-state index in [2.05, 4.69) is 0 Å². The van der Waals surface area contributed by atoms with E-state index in [4.69, 9.17) is 5.73 Å². The summed E-state index contributed by atoms with van der Waals surface area (Å²) in [6.45, 7) is 0. The number of aliphatic hydroxyl groups excluding tert-OH is 1. The SMILES string of the molecule is CN(C)c1ccc(O)c2c1[C@@H](O)[C@H]1C[C@H]3[C@H](N(C)C)C(=O)C(C(N)=O)C(=O)[C@@]3(O)C(=O)C1C2=O. The molecule has 0 saturated heterocycles. The van der Waals surface area contributed by atoms with Gasteiger partial charge in [0.25, 0.3) is 0 Å². The van der Waals surface area contributed by atoms with E-state index in [0.717, 1.165) is 0 Å². The van der Waals surface area contributed by atoms with Crippen LogP contribution in [0.25, 0.3) is 0 Å². The smallest absolute Gasteiger partial charge is 0.235 e. The Morgan fingerprint density at radius 3 is 2.24 bits per heavy atom. The van der Waals surface area contributed by atoms with Gasteiger partial charge in [0, 0.05) is 37.2 Å². The molecule has 3 aliphatic rings. The number of primary amides is 1. The molecule has 11 nitrogen and oxygen atoms in total. The van der Waals surface area contributed by atoms with Gasteiger partial charge in [-0.3, -0.25) is 28.9 Å². The van der Waals surface area contributed by atoms with Gasteiger partial charge in [0.05, 0.1) is 23.6 Å². The molecule has 0 aliphatic heterocycles. The number of ketones is 4. The fraction of sp³-hybridized carbons (Fsp3) is 0.522. The molecule has 2 fully saturated rings. The van der Waals surface area contributed by atoms with Crippen molar-refractivity contribution in [3.63, 3.8) is 0 Å². The standard InChI is InChI=1S/C23H27N3O8/c1-25(2)10-5-6-11(27)14-13(10)17(28)8-7-9-16(26(3)4)19(30)15(22(24)33)21(32)23(9,34)20(31)12(8)18(14)29/h5-6,8-9,12,15-17,27-28,34H,7H2,1-4H3,(H2,24,33)/t8-,9-,12?,15?,16-,17-,23-/m0/s1. The molecule has 4 rings (SSSR count). The van der Waals surface area contributed by atoms with Crippen LogP contribution in [0.5, 0.6) is 5.75 Å². The maximum absolute atomic E-state index is 13.7. The lowest BCUT2D eigenvalue weighted by Gasteiger charge is -2.53. The summed E-state index contributed by atoms with van der Waals surface area (Å²) in [4.78, 5) is 68.5. The van der Waals surface area contributed by atoms with Crippen LogP contribution in [0.1, 0.15) is 28.4 Å². The van der Waals surface area contributed by atoms with Crippen molar-refractivity contribution < 1.29 is 39.3 Å².